The highest BCUT2D eigenvalue weighted by Gasteiger charge is 2.21. The Kier molecular flexibility index (Phi) is 4.29. The molecule has 1 saturated carbocycles. The van der Waals surface area contributed by atoms with Crippen LogP contribution in [0.4, 0.5) is 10.1 Å². The number of aromatic nitrogens is 1. The minimum Gasteiger partial charge on any atom is -0.384 e. The number of rotatable bonds is 4. The zero-order valence-electron chi connectivity index (χ0n) is 12.3. The van der Waals surface area contributed by atoms with Gasteiger partial charge in [0, 0.05) is 23.8 Å². The molecule has 1 aromatic carbocycles. The number of nitrogens with one attached hydrogen (secondary N) is 1. The number of anilines is 1. The van der Waals surface area contributed by atoms with Crippen molar-refractivity contribution in [2.45, 2.75) is 44.9 Å². The zero-order valence-corrected chi connectivity index (χ0v) is 13.0. The van der Waals surface area contributed by atoms with Crippen molar-refractivity contribution < 1.29 is 4.39 Å². The molecule has 1 fully saturated rings. The first-order valence-electron chi connectivity index (χ1n) is 7.73. The molecule has 1 heterocycles. The second-order valence-electron chi connectivity index (χ2n) is 5.76. The van der Waals surface area contributed by atoms with Gasteiger partial charge in [-0.25, -0.2) is 4.39 Å². The van der Waals surface area contributed by atoms with Crippen LogP contribution in [0.1, 0.15) is 50.6 Å². The molecule has 0 bridgehead atoms. The van der Waals surface area contributed by atoms with Gasteiger partial charge in [-0.3, -0.25) is 4.98 Å². The number of pyridine rings is 1. The predicted octanol–water partition coefficient (Wildman–Crippen LogP) is 5.51. The molecule has 1 aliphatic carbocycles. The average molecular weight is 307 g/mol. The molecule has 112 valence electrons. The van der Waals surface area contributed by atoms with Crippen molar-refractivity contribution in [1.82, 2.24) is 4.98 Å². The van der Waals surface area contributed by atoms with Crippen LogP contribution >= 0.6 is 11.6 Å². The summed E-state index contributed by atoms with van der Waals surface area (Å²) in [7, 11) is 0. The van der Waals surface area contributed by atoms with E-state index in [0.29, 0.717) is 21.8 Å². The van der Waals surface area contributed by atoms with Crippen LogP contribution in [-0.4, -0.2) is 11.5 Å². The first kappa shape index (κ1) is 14.6. The normalized spacial score (nSPS) is 15.8. The summed E-state index contributed by atoms with van der Waals surface area (Å²) in [5.41, 5.74) is 2.45. The van der Waals surface area contributed by atoms with Crippen molar-refractivity contribution >= 4 is 28.2 Å². The number of fused-ring (bicyclic) bond motifs is 1. The van der Waals surface area contributed by atoms with Gasteiger partial charge in [-0.05, 0) is 37.5 Å². The number of nitrogens with zero attached hydrogens (tertiary/aromatic N) is 1. The molecule has 0 saturated heterocycles. The van der Waals surface area contributed by atoms with Crippen molar-refractivity contribution in [1.29, 1.82) is 0 Å². The van der Waals surface area contributed by atoms with E-state index in [9.17, 15) is 4.39 Å². The summed E-state index contributed by atoms with van der Waals surface area (Å²) in [4.78, 5) is 4.67. The second-order valence-corrected chi connectivity index (χ2v) is 6.16. The third-order valence-electron chi connectivity index (χ3n) is 4.22. The Morgan fingerprint density at radius 1 is 1.33 bits per heavy atom. The minimum atomic E-state index is -0.265. The first-order valence-corrected chi connectivity index (χ1v) is 8.11. The van der Waals surface area contributed by atoms with E-state index < -0.39 is 0 Å². The smallest absolute Gasteiger partial charge is 0.134 e. The molecular weight excluding hydrogens is 287 g/mol. The molecular formula is C17H20ClFN2. The van der Waals surface area contributed by atoms with Crippen LogP contribution in [0.3, 0.4) is 0 Å². The van der Waals surface area contributed by atoms with Crippen molar-refractivity contribution in [2.24, 2.45) is 0 Å². The van der Waals surface area contributed by atoms with Crippen LogP contribution in [0.15, 0.2) is 18.2 Å². The Bertz CT molecular complexity index is 651. The van der Waals surface area contributed by atoms with Crippen LogP contribution < -0.4 is 5.32 Å². The van der Waals surface area contributed by atoms with Gasteiger partial charge in [0.1, 0.15) is 5.82 Å². The fourth-order valence-corrected chi connectivity index (χ4v) is 3.32. The van der Waals surface area contributed by atoms with Gasteiger partial charge in [0.05, 0.1) is 15.9 Å². The highest BCUT2D eigenvalue weighted by Crippen LogP contribution is 2.38. The number of benzene rings is 1. The molecule has 2 aromatic rings. The van der Waals surface area contributed by atoms with E-state index in [1.165, 1.54) is 31.7 Å². The summed E-state index contributed by atoms with van der Waals surface area (Å²) >= 11 is 6.26. The minimum absolute atomic E-state index is 0.265. The highest BCUT2D eigenvalue weighted by atomic mass is 35.5. The molecule has 4 heteroatoms. The Morgan fingerprint density at radius 3 is 2.81 bits per heavy atom. The Labute approximate surface area is 129 Å². The van der Waals surface area contributed by atoms with Gasteiger partial charge in [0.15, 0.2) is 0 Å². The molecule has 1 N–H and O–H groups in total. The Balaban J connectivity index is 2.16. The van der Waals surface area contributed by atoms with Gasteiger partial charge in [0.25, 0.3) is 0 Å². The monoisotopic (exact) mass is 306 g/mol. The molecule has 0 aliphatic heterocycles. The van der Waals surface area contributed by atoms with E-state index in [0.717, 1.165) is 24.3 Å². The van der Waals surface area contributed by atoms with Crippen molar-refractivity contribution in [3.8, 4) is 0 Å². The van der Waals surface area contributed by atoms with Gasteiger partial charge in [-0.2, -0.15) is 0 Å². The fourth-order valence-electron chi connectivity index (χ4n) is 3.12. The molecule has 2 nitrogen and oxygen atoms in total. The Morgan fingerprint density at radius 2 is 2.10 bits per heavy atom. The maximum Gasteiger partial charge on any atom is 0.134 e. The van der Waals surface area contributed by atoms with Crippen molar-refractivity contribution in [3.05, 3.63) is 34.7 Å². The van der Waals surface area contributed by atoms with E-state index >= 15 is 0 Å². The van der Waals surface area contributed by atoms with Crippen LogP contribution in [0.2, 0.25) is 5.02 Å². The lowest BCUT2D eigenvalue weighted by molar-refractivity contribution is 0.639. The average Bonchev–Trinajstić information content (AvgIpc) is 3.02. The van der Waals surface area contributed by atoms with Gasteiger partial charge in [-0.1, -0.05) is 31.4 Å². The summed E-state index contributed by atoms with van der Waals surface area (Å²) in [6.45, 7) is 2.91. The lowest BCUT2D eigenvalue weighted by Gasteiger charge is -2.16. The van der Waals surface area contributed by atoms with Crippen LogP contribution in [0, 0.1) is 5.82 Å². The van der Waals surface area contributed by atoms with Gasteiger partial charge >= 0.3 is 0 Å². The SMILES string of the molecule is CCCNc1cc(C2CCCC2)nc2c(Cl)ccc(F)c12. The maximum atomic E-state index is 14.2. The zero-order chi connectivity index (χ0) is 14.8. The lowest BCUT2D eigenvalue weighted by atomic mass is 10.0. The molecule has 1 aromatic heterocycles. The molecule has 1 aliphatic rings. The molecule has 0 unspecified atom stereocenters. The van der Waals surface area contributed by atoms with E-state index in [2.05, 4.69) is 17.2 Å². The van der Waals surface area contributed by atoms with E-state index in [1.807, 2.05) is 6.07 Å². The second kappa shape index (κ2) is 6.18. The number of halogens is 2. The fraction of sp³-hybridized carbons (Fsp3) is 0.471. The number of hydrogen-bond acceptors (Lipinski definition) is 2. The van der Waals surface area contributed by atoms with Gasteiger partial charge in [-0.15, -0.1) is 0 Å². The highest BCUT2D eigenvalue weighted by molar-refractivity contribution is 6.35. The van der Waals surface area contributed by atoms with Gasteiger partial charge < -0.3 is 5.32 Å². The standard InChI is InChI=1S/C17H20ClFN2/c1-2-9-20-15-10-14(11-5-3-4-6-11)21-17-12(18)7-8-13(19)16(15)17/h7-8,10-11H,2-6,9H2,1H3,(H,20,21). The summed E-state index contributed by atoms with van der Waals surface area (Å²) in [6, 6.07) is 5.03. The molecule has 21 heavy (non-hydrogen) atoms. The number of hydrogen-bond donors (Lipinski definition) is 1. The molecule has 0 amide bonds. The van der Waals surface area contributed by atoms with E-state index in [4.69, 9.17) is 11.6 Å². The van der Waals surface area contributed by atoms with Crippen LogP contribution in [0.25, 0.3) is 10.9 Å². The first-order chi connectivity index (χ1) is 10.2. The summed E-state index contributed by atoms with van der Waals surface area (Å²) in [5, 5.41) is 4.36. The van der Waals surface area contributed by atoms with Crippen LogP contribution in [-0.2, 0) is 0 Å². The molecule has 0 spiro atoms. The Hall–Kier alpha value is -1.35. The summed E-state index contributed by atoms with van der Waals surface area (Å²) in [5.74, 6) is 0.217. The lowest BCUT2D eigenvalue weighted by Crippen LogP contribution is -2.05. The van der Waals surface area contributed by atoms with E-state index in [1.54, 1.807) is 6.07 Å². The van der Waals surface area contributed by atoms with Crippen LogP contribution in [0.5, 0.6) is 0 Å². The predicted molar refractivity (Wildman–Crippen MR) is 86.7 cm³/mol. The van der Waals surface area contributed by atoms with Gasteiger partial charge in [0.2, 0.25) is 0 Å². The molecule has 3 rings (SSSR count). The van der Waals surface area contributed by atoms with Crippen molar-refractivity contribution in [2.75, 3.05) is 11.9 Å². The topological polar surface area (TPSA) is 24.9 Å². The third kappa shape index (κ3) is 2.84. The van der Waals surface area contributed by atoms with Crippen molar-refractivity contribution in [3.63, 3.8) is 0 Å². The molecule has 0 atom stereocenters. The largest absolute Gasteiger partial charge is 0.384 e. The third-order valence-corrected chi connectivity index (χ3v) is 4.52. The van der Waals surface area contributed by atoms with E-state index in [-0.39, 0.29) is 5.82 Å². The maximum absolute atomic E-state index is 14.2. The summed E-state index contributed by atoms with van der Waals surface area (Å²) in [6.07, 6.45) is 5.82. The molecule has 0 radical (unpaired) electrons. The summed E-state index contributed by atoms with van der Waals surface area (Å²) < 4.78 is 14.2. The quantitative estimate of drug-likeness (QED) is 0.806.